The molecule has 86 valence electrons. The van der Waals surface area contributed by atoms with Crippen molar-refractivity contribution in [1.29, 1.82) is 0 Å². The molecule has 3 nitrogen and oxygen atoms in total. The average molecular weight is 249 g/mol. The summed E-state index contributed by atoms with van der Waals surface area (Å²) in [5.41, 5.74) is 0. The highest BCUT2D eigenvalue weighted by molar-refractivity contribution is 7.16. The molecule has 5 heteroatoms. The van der Waals surface area contributed by atoms with Gasteiger partial charge in [-0.2, -0.15) is 0 Å². The van der Waals surface area contributed by atoms with Gasteiger partial charge in [0, 0.05) is 24.5 Å². The summed E-state index contributed by atoms with van der Waals surface area (Å²) in [6, 6.07) is 3.92. The van der Waals surface area contributed by atoms with Crippen molar-refractivity contribution in [2.75, 3.05) is 27.2 Å². The van der Waals surface area contributed by atoms with Crippen LogP contribution in [0.4, 0.5) is 0 Å². The van der Waals surface area contributed by atoms with Gasteiger partial charge in [-0.1, -0.05) is 11.6 Å². The van der Waals surface area contributed by atoms with Gasteiger partial charge in [0.1, 0.15) is 0 Å². The third-order valence-electron chi connectivity index (χ3n) is 2.02. The van der Waals surface area contributed by atoms with Gasteiger partial charge < -0.3 is 10.4 Å². The first-order valence-electron chi connectivity index (χ1n) is 4.87. The van der Waals surface area contributed by atoms with Crippen molar-refractivity contribution in [1.82, 2.24) is 10.2 Å². The summed E-state index contributed by atoms with van der Waals surface area (Å²) < 4.78 is 0.814. The van der Waals surface area contributed by atoms with Crippen molar-refractivity contribution in [3.05, 3.63) is 21.3 Å². The molecule has 0 aromatic carbocycles. The fourth-order valence-electron chi connectivity index (χ4n) is 1.43. The molecule has 0 aliphatic rings. The van der Waals surface area contributed by atoms with Crippen LogP contribution in [0.15, 0.2) is 12.1 Å². The lowest BCUT2D eigenvalue weighted by molar-refractivity contribution is 0.123. The van der Waals surface area contributed by atoms with Crippen molar-refractivity contribution >= 4 is 22.9 Å². The molecule has 0 bridgehead atoms. The Morgan fingerprint density at radius 3 is 2.87 bits per heavy atom. The van der Waals surface area contributed by atoms with E-state index in [4.69, 9.17) is 11.6 Å². The molecular formula is C10H17ClN2OS. The van der Waals surface area contributed by atoms with E-state index in [1.165, 1.54) is 4.88 Å². The Kier molecular flexibility index (Phi) is 5.56. The molecule has 1 rings (SSSR count). The van der Waals surface area contributed by atoms with Crippen molar-refractivity contribution in [3.63, 3.8) is 0 Å². The van der Waals surface area contributed by atoms with Crippen LogP contribution in [0.25, 0.3) is 0 Å². The molecule has 1 aromatic heterocycles. The Bertz CT molecular complexity index is 293. The van der Waals surface area contributed by atoms with Crippen molar-refractivity contribution < 1.29 is 5.11 Å². The van der Waals surface area contributed by atoms with Crippen LogP contribution >= 0.6 is 22.9 Å². The van der Waals surface area contributed by atoms with Crippen LogP contribution in [0.2, 0.25) is 4.34 Å². The van der Waals surface area contributed by atoms with E-state index in [9.17, 15) is 5.11 Å². The lowest BCUT2D eigenvalue weighted by atomic mass is 10.3. The zero-order chi connectivity index (χ0) is 11.3. The highest BCUT2D eigenvalue weighted by Crippen LogP contribution is 2.22. The van der Waals surface area contributed by atoms with Crippen LogP contribution < -0.4 is 5.32 Å². The fraction of sp³-hybridized carbons (Fsp3) is 0.600. The molecule has 0 aliphatic carbocycles. The maximum absolute atomic E-state index is 9.58. The molecule has 0 saturated carbocycles. The maximum atomic E-state index is 9.58. The zero-order valence-electron chi connectivity index (χ0n) is 9.03. The van der Waals surface area contributed by atoms with Crippen LogP contribution in [0, 0.1) is 0 Å². The van der Waals surface area contributed by atoms with E-state index in [-0.39, 0.29) is 6.10 Å². The number of rotatable bonds is 6. The lowest BCUT2D eigenvalue weighted by Gasteiger charge is -2.19. The van der Waals surface area contributed by atoms with Crippen LogP contribution in [0.5, 0.6) is 0 Å². The lowest BCUT2D eigenvalue weighted by Crippen LogP contribution is -2.34. The number of halogens is 1. The third kappa shape index (κ3) is 4.95. The van der Waals surface area contributed by atoms with Crippen LogP contribution in [0.1, 0.15) is 4.88 Å². The smallest absolute Gasteiger partial charge is 0.0931 e. The quantitative estimate of drug-likeness (QED) is 0.799. The Hall–Kier alpha value is -0.130. The highest BCUT2D eigenvalue weighted by atomic mass is 35.5. The van der Waals surface area contributed by atoms with Gasteiger partial charge in [-0.15, -0.1) is 11.3 Å². The second-order valence-corrected chi connectivity index (χ2v) is 5.41. The largest absolute Gasteiger partial charge is 0.390 e. The molecule has 0 saturated heterocycles. The van der Waals surface area contributed by atoms with Crippen molar-refractivity contribution in [2.45, 2.75) is 12.6 Å². The first-order chi connectivity index (χ1) is 7.11. The average Bonchev–Trinajstić information content (AvgIpc) is 2.51. The Labute approximate surface area is 99.7 Å². The number of thiophene rings is 1. The van der Waals surface area contributed by atoms with Gasteiger partial charge in [0.15, 0.2) is 0 Å². The summed E-state index contributed by atoms with van der Waals surface area (Å²) in [7, 11) is 3.83. The molecule has 0 spiro atoms. The van der Waals surface area contributed by atoms with E-state index in [0.29, 0.717) is 13.1 Å². The molecule has 0 radical (unpaired) electrons. The maximum Gasteiger partial charge on any atom is 0.0931 e. The van der Waals surface area contributed by atoms with Gasteiger partial charge >= 0.3 is 0 Å². The second kappa shape index (κ2) is 6.45. The Balaban J connectivity index is 2.32. The van der Waals surface area contributed by atoms with Gasteiger partial charge in [0.2, 0.25) is 0 Å². The van der Waals surface area contributed by atoms with Gasteiger partial charge in [-0.25, -0.2) is 0 Å². The standard InChI is InChI=1S/C10H17ClN2OS/c1-12-5-8(14)6-13(2)7-9-3-4-10(11)15-9/h3-4,8,12,14H,5-7H2,1-2H3. The summed E-state index contributed by atoms with van der Waals surface area (Å²) in [5.74, 6) is 0. The molecule has 1 aromatic rings. The number of aliphatic hydroxyl groups excluding tert-OH is 1. The van der Waals surface area contributed by atoms with E-state index in [0.717, 1.165) is 10.9 Å². The first-order valence-corrected chi connectivity index (χ1v) is 6.06. The summed E-state index contributed by atoms with van der Waals surface area (Å²) in [5, 5.41) is 12.5. The number of nitrogens with one attached hydrogen (secondary N) is 1. The molecule has 0 aliphatic heterocycles. The van der Waals surface area contributed by atoms with E-state index in [2.05, 4.69) is 10.2 Å². The minimum absolute atomic E-state index is 0.324. The zero-order valence-corrected chi connectivity index (χ0v) is 10.6. The molecule has 1 atom stereocenters. The highest BCUT2D eigenvalue weighted by Gasteiger charge is 2.08. The van der Waals surface area contributed by atoms with Crippen molar-refractivity contribution in [2.24, 2.45) is 0 Å². The third-order valence-corrected chi connectivity index (χ3v) is 3.23. The van der Waals surface area contributed by atoms with Gasteiger partial charge in [0.05, 0.1) is 10.4 Å². The monoisotopic (exact) mass is 248 g/mol. The van der Waals surface area contributed by atoms with Crippen molar-refractivity contribution in [3.8, 4) is 0 Å². The normalized spacial score (nSPS) is 13.4. The number of aliphatic hydroxyl groups is 1. The molecule has 1 heterocycles. The fourth-order valence-corrected chi connectivity index (χ4v) is 2.60. The molecule has 0 fully saturated rings. The first kappa shape index (κ1) is 12.9. The second-order valence-electron chi connectivity index (χ2n) is 3.61. The molecule has 1 unspecified atom stereocenters. The van der Waals surface area contributed by atoms with E-state index >= 15 is 0 Å². The number of likely N-dealkylation sites (N-methyl/N-ethyl adjacent to an activating group) is 2. The summed E-state index contributed by atoms with van der Waals surface area (Å²) in [6.45, 7) is 2.12. The van der Waals surface area contributed by atoms with E-state index in [1.807, 2.05) is 26.2 Å². The number of nitrogens with zero attached hydrogens (tertiary/aromatic N) is 1. The van der Waals surface area contributed by atoms with Gasteiger partial charge in [0.25, 0.3) is 0 Å². The minimum Gasteiger partial charge on any atom is -0.390 e. The molecule has 2 N–H and O–H groups in total. The SMILES string of the molecule is CNCC(O)CN(C)Cc1ccc(Cl)s1. The van der Waals surface area contributed by atoms with E-state index < -0.39 is 0 Å². The predicted molar refractivity (Wildman–Crippen MR) is 65.6 cm³/mol. The summed E-state index contributed by atoms with van der Waals surface area (Å²) in [4.78, 5) is 3.31. The molecular weight excluding hydrogens is 232 g/mol. The Morgan fingerprint density at radius 2 is 2.33 bits per heavy atom. The summed E-state index contributed by atoms with van der Waals surface area (Å²) >= 11 is 7.42. The van der Waals surface area contributed by atoms with Gasteiger partial charge in [-0.3, -0.25) is 4.90 Å². The predicted octanol–water partition coefficient (Wildman–Crippen LogP) is 1.41. The molecule has 15 heavy (non-hydrogen) atoms. The number of hydrogen-bond donors (Lipinski definition) is 2. The summed E-state index contributed by atoms with van der Waals surface area (Å²) in [6.07, 6.45) is -0.324. The molecule has 0 amide bonds. The van der Waals surface area contributed by atoms with Crippen LogP contribution in [-0.2, 0) is 6.54 Å². The van der Waals surface area contributed by atoms with Crippen LogP contribution in [-0.4, -0.2) is 43.3 Å². The van der Waals surface area contributed by atoms with Gasteiger partial charge in [-0.05, 0) is 26.2 Å². The number of hydrogen-bond acceptors (Lipinski definition) is 4. The van der Waals surface area contributed by atoms with Crippen LogP contribution in [0.3, 0.4) is 0 Å². The topological polar surface area (TPSA) is 35.5 Å². The minimum atomic E-state index is -0.324. The Morgan fingerprint density at radius 1 is 1.60 bits per heavy atom. The van der Waals surface area contributed by atoms with E-state index in [1.54, 1.807) is 11.3 Å².